The summed E-state index contributed by atoms with van der Waals surface area (Å²) in [7, 11) is 0. The van der Waals surface area contributed by atoms with E-state index in [4.69, 9.17) is 47.4 Å². The topological polar surface area (TPSA) is 318 Å². The molecule has 0 aromatic heterocycles. The first kappa shape index (κ1) is 51.6. The summed E-state index contributed by atoms with van der Waals surface area (Å²) in [5, 5.41) is 32.2. The average Bonchev–Trinajstić information content (AvgIpc) is 3.21. The van der Waals surface area contributed by atoms with E-state index < -0.39 is 125 Å². The number of aliphatic hydroxyl groups is 1. The van der Waals surface area contributed by atoms with E-state index in [9.17, 15) is 58.9 Å². The summed E-state index contributed by atoms with van der Waals surface area (Å²) in [5.41, 5.74) is -0.659. The van der Waals surface area contributed by atoms with Crippen molar-refractivity contribution in [3.05, 3.63) is 67.8 Å². The molecule has 0 saturated carbocycles. The van der Waals surface area contributed by atoms with E-state index in [1.807, 2.05) is 0 Å². The van der Waals surface area contributed by atoms with Crippen LogP contribution < -0.4 is 9.47 Å². The van der Waals surface area contributed by atoms with E-state index in [2.05, 4.69) is 0 Å². The van der Waals surface area contributed by atoms with Crippen LogP contribution in [0.2, 0.25) is 0 Å². The minimum atomic E-state index is -1.46. The Hall–Kier alpha value is -6.79. The highest BCUT2D eigenvalue weighted by molar-refractivity contribution is 5.77. The third-order valence-electron chi connectivity index (χ3n) is 9.33. The second-order valence-corrected chi connectivity index (χ2v) is 14.3. The molecule has 0 amide bonds. The molecule has 24 nitrogen and oxygen atoms in total. The van der Waals surface area contributed by atoms with Gasteiger partial charge in [-0.3, -0.25) is 53.8 Å². The second kappa shape index (κ2) is 23.6. The first-order valence-electron chi connectivity index (χ1n) is 19.3. The number of esters is 6. The number of aliphatic hydroxyl groups excluding tert-OH is 1. The Morgan fingerprint density at radius 1 is 0.609 bits per heavy atom. The first-order valence-corrected chi connectivity index (χ1v) is 19.3. The SMILES string of the molecule is CC(=O)OC[C@H]1O[C@H](Oc2ccc(C=O)cc2[N+](=O)[O-])[C@@H](OC(C)=O)[C@@H](OC(C)=O)[C@@H]1C.CC(=O)OC[C@H]1O[C@H](Oc2ccc(CO)cc2[N+](=O)[O-])[C@@H](OC(C)=O)[C@@H](OC(C)=O)[C@@H]1C. The zero-order chi connectivity index (χ0) is 48.0. The summed E-state index contributed by atoms with van der Waals surface area (Å²) in [6.45, 7) is 9.41. The number of benzene rings is 2. The van der Waals surface area contributed by atoms with E-state index in [0.717, 1.165) is 32.9 Å². The van der Waals surface area contributed by atoms with Crippen molar-refractivity contribution in [2.24, 2.45) is 11.8 Å². The van der Waals surface area contributed by atoms with E-state index in [1.165, 1.54) is 45.0 Å². The number of rotatable bonds is 16. The Bertz CT molecular complexity index is 2060. The van der Waals surface area contributed by atoms with Gasteiger partial charge in [0.1, 0.15) is 43.9 Å². The maximum Gasteiger partial charge on any atom is 0.311 e. The Kier molecular flexibility index (Phi) is 19.0. The van der Waals surface area contributed by atoms with E-state index in [0.29, 0.717) is 6.29 Å². The van der Waals surface area contributed by atoms with Gasteiger partial charge in [0.05, 0.1) is 16.5 Å². The molecular weight excluding hydrogens is 860 g/mol. The number of aldehydes is 1. The number of nitro benzene ring substituents is 2. The van der Waals surface area contributed by atoms with Crippen LogP contribution in [-0.2, 0) is 73.3 Å². The zero-order valence-corrected chi connectivity index (χ0v) is 35.9. The van der Waals surface area contributed by atoms with Crippen LogP contribution in [0.15, 0.2) is 36.4 Å². The lowest BCUT2D eigenvalue weighted by atomic mass is 9.90. The van der Waals surface area contributed by atoms with Gasteiger partial charge in [0.2, 0.25) is 24.8 Å². The first-order chi connectivity index (χ1) is 30.1. The molecule has 2 aliphatic heterocycles. The third kappa shape index (κ3) is 14.7. The maximum absolute atomic E-state index is 11.7. The van der Waals surface area contributed by atoms with E-state index >= 15 is 0 Å². The summed E-state index contributed by atoms with van der Waals surface area (Å²) < 4.78 is 54.3. The monoisotopic (exact) mass is 908 g/mol. The Morgan fingerprint density at radius 3 is 1.33 bits per heavy atom. The largest absolute Gasteiger partial charge is 0.463 e. The number of nitro groups is 2. The zero-order valence-electron chi connectivity index (χ0n) is 35.9. The third-order valence-corrected chi connectivity index (χ3v) is 9.33. The molecule has 350 valence electrons. The Balaban J connectivity index is 0.000000340. The lowest BCUT2D eigenvalue weighted by Crippen LogP contribution is -2.59. The smallest absolute Gasteiger partial charge is 0.311 e. The fourth-order valence-electron chi connectivity index (χ4n) is 6.41. The van der Waals surface area contributed by atoms with Gasteiger partial charge >= 0.3 is 47.2 Å². The molecule has 0 bridgehead atoms. The molecule has 2 heterocycles. The minimum absolute atomic E-state index is 0.0456. The number of hydrogen-bond acceptors (Lipinski definition) is 22. The molecule has 2 aromatic carbocycles. The van der Waals surface area contributed by atoms with Gasteiger partial charge in [-0.2, -0.15) is 0 Å². The molecule has 2 aromatic rings. The molecule has 2 saturated heterocycles. The normalized spacial score (nSPS) is 24.8. The molecule has 4 rings (SSSR count). The molecule has 2 aliphatic rings. The average molecular weight is 909 g/mol. The predicted molar refractivity (Wildman–Crippen MR) is 210 cm³/mol. The number of carbonyl (C=O) groups is 7. The van der Waals surface area contributed by atoms with Crippen molar-refractivity contribution < 1.29 is 95.9 Å². The van der Waals surface area contributed by atoms with Crippen molar-refractivity contribution in [3.63, 3.8) is 0 Å². The van der Waals surface area contributed by atoms with Crippen LogP contribution in [0.1, 0.15) is 71.3 Å². The van der Waals surface area contributed by atoms with Crippen LogP contribution in [0.3, 0.4) is 0 Å². The lowest BCUT2D eigenvalue weighted by molar-refractivity contribution is -0.387. The quantitative estimate of drug-likeness (QED) is 0.0832. The second-order valence-electron chi connectivity index (χ2n) is 14.3. The van der Waals surface area contributed by atoms with Crippen LogP contribution in [0.5, 0.6) is 11.5 Å². The van der Waals surface area contributed by atoms with Crippen molar-refractivity contribution in [3.8, 4) is 11.5 Å². The fourth-order valence-corrected chi connectivity index (χ4v) is 6.41. The van der Waals surface area contributed by atoms with Crippen LogP contribution in [0, 0.1) is 32.1 Å². The molecule has 2 fully saturated rings. The van der Waals surface area contributed by atoms with Crippen LogP contribution in [0.4, 0.5) is 11.4 Å². The molecule has 0 spiro atoms. The van der Waals surface area contributed by atoms with Gasteiger partial charge in [0, 0.05) is 71.1 Å². The van der Waals surface area contributed by atoms with Gasteiger partial charge < -0.3 is 52.5 Å². The van der Waals surface area contributed by atoms with Gasteiger partial charge in [-0.25, -0.2) is 0 Å². The van der Waals surface area contributed by atoms with Crippen LogP contribution >= 0.6 is 0 Å². The Morgan fingerprint density at radius 2 is 0.984 bits per heavy atom. The highest BCUT2D eigenvalue weighted by atomic mass is 16.7. The summed E-state index contributed by atoms with van der Waals surface area (Å²) >= 11 is 0. The van der Waals surface area contributed by atoms with Gasteiger partial charge in [0.15, 0.2) is 11.5 Å². The molecule has 0 unspecified atom stereocenters. The number of hydrogen-bond donors (Lipinski definition) is 1. The highest BCUT2D eigenvalue weighted by Crippen LogP contribution is 2.37. The summed E-state index contributed by atoms with van der Waals surface area (Å²) in [6, 6.07) is 7.29. The number of nitrogens with zero attached hydrogens (tertiary/aromatic N) is 2. The molecule has 24 heteroatoms. The van der Waals surface area contributed by atoms with E-state index in [1.54, 1.807) is 13.8 Å². The van der Waals surface area contributed by atoms with Crippen molar-refractivity contribution in [2.45, 2.75) is 111 Å². The highest BCUT2D eigenvalue weighted by Gasteiger charge is 2.51. The number of carbonyl (C=O) groups excluding carboxylic acids is 7. The summed E-state index contributed by atoms with van der Waals surface area (Å²) in [5.74, 6) is -5.63. The summed E-state index contributed by atoms with van der Waals surface area (Å²) in [4.78, 5) is 102. The van der Waals surface area contributed by atoms with Crippen molar-refractivity contribution in [1.29, 1.82) is 0 Å². The Labute approximate surface area is 364 Å². The van der Waals surface area contributed by atoms with Gasteiger partial charge in [-0.15, -0.1) is 0 Å². The maximum atomic E-state index is 11.7. The molecule has 64 heavy (non-hydrogen) atoms. The predicted octanol–water partition coefficient (Wildman–Crippen LogP) is 2.83. The van der Waals surface area contributed by atoms with Crippen LogP contribution in [-0.4, -0.2) is 119 Å². The van der Waals surface area contributed by atoms with Crippen LogP contribution in [0.25, 0.3) is 0 Å². The minimum Gasteiger partial charge on any atom is -0.463 e. The molecule has 10 atom stereocenters. The van der Waals surface area contributed by atoms with Crippen molar-refractivity contribution >= 4 is 53.5 Å². The van der Waals surface area contributed by atoms with Gasteiger partial charge in [-0.1, -0.05) is 19.9 Å². The van der Waals surface area contributed by atoms with Gasteiger partial charge in [-0.05, 0) is 23.8 Å². The summed E-state index contributed by atoms with van der Waals surface area (Å²) in [6.07, 6.45) is -8.81. The molecular formula is C40H48N2O22. The lowest BCUT2D eigenvalue weighted by Gasteiger charge is -2.43. The molecule has 0 aliphatic carbocycles. The molecule has 1 N–H and O–H groups in total. The molecule has 0 radical (unpaired) electrons. The van der Waals surface area contributed by atoms with Gasteiger partial charge in [0.25, 0.3) is 0 Å². The van der Waals surface area contributed by atoms with E-state index in [-0.39, 0.29) is 35.8 Å². The van der Waals surface area contributed by atoms with Crippen molar-refractivity contribution in [2.75, 3.05) is 13.2 Å². The van der Waals surface area contributed by atoms with Crippen molar-refractivity contribution in [1.82, 2.24) is 0 Å². The fraction of sp³-hybridized carbons (Fsp3) is 0.525. The number of ether oxygens (including phenoxy) is 10. The standard InChI is InChI=1S/C20H25NO11.C20H23NO11/c2*1-10-17(9-28-11(2)23)32-20(19(30-13(4)25)18(10)29-12(3)24)31-16-6-5-14(8-22)7-15(16)21(26)27/h5-7,10,17-20,22H,8-9H2,1-4H3;5-8,10,17-20H,9H2,1-4H3/t2*10-,17-,18+,19+,20+/m11/s1.